The molecule has 28 heavy (non-hydrogen) atoms. The first-order chi connectivity index (χ1) is 13.2. The molecule has 0 aliphatic rings. The largest absolute Gasteiger partial charge is 0.436 e. The summed E-state index contributed by atoms with van der Waals surface area (Å²) in [6.07, 6.45) is 3.93. The van der Waals surface area contributed by atoms with Crippen LogP contribution in [0.15, 0.2) is 50.6 Å². The van der Waals surface area contributed by atoms with Crippen LogP contribution in [-0.4, -0.2) is 71.5 Å². The van der Waals surface area contributed by atoms with E-state index in [4.69, 9.17) is 20.4 Å². The molecule has 0 rings (SSSR count). The third-order valence-corrected chi connectivity index (χ3v) is 1.49. The predicted octanol–water partition coefficient (Wildman–Crippen LogP) is -1.34. The lowest BCUT2D eigenvalue weighted by Crippen LogP contribution is -1.99. The first kappa shape index (κ1) is 32.4. The molecule has 0 atom stereocenters. The summed E-state index contributed by atoms with van der Waals surface area (Å²) in [4.78, 5) is 39.6. The van der Waals surface area contributed by atoms with Crippen LogP contribution in [0.3, 0.4) is 0 Å². The number of hydrogen-bond donors (Lipinski definition) is 4. The number of ether oxygens (including phenoxy) is 4. The summed E-state index contributed by atoms with van der Waals surface area (Å²) >= 11 is 0. The second kappa shape index (κ2) is 28.5. The summed E-state index contributed by atoms with van der Waals surface area (Å²) < 4.78 is 16.0. The van der Waals surface area contributed by atoms with Gasteiger partial charge in [-0.25, -0.2) is 19.2 Å². The van der Waals surface area contributed by atoms with Crippen molar-refractivity contribution in [2.24, 2.45) is 0 Å². The van der Waals surface area contributed by atoms with Crippen LogP contribution < -0.4 is 0 Å². The number of rotatable bonds is 8. The third kappa shape index (κ3) is 38.3. The van der Waals surface area contributed by atoms with Crippen molar-refractivity contribution in [3.63, 3.8) is 0 Å². The lowest BCUT2D eigenvalue weighted by molar-refractivity contribution is -0.146. The summed E-state index contributed by atoms with van der Waals surface area (Å²) in [5, 5.41) is 31.5. The fraction of sp³-hybridized carbons (Fsp3) is 0.250. The number of hydrogen-bond acceptors (Lipinski definition) is 12. The van der Waals surface area contributed by atoms with E-state index in [0.717, 1.165) is 24.3 Å². The van der Waals surface area contributed by atoms with Gasteiger partial charge < -0.3 is 39.4 Å². The fourth-order valence-electron chi connectivity index (χ4n) is 0.490. The highest BCUT2D eigenvalue weighted by molar-refractivity contribution is 5.82. The molecule has 0 unspecified atom stereocenters. The van der Waals surface area contributed by atoms with Gasteiger partial charge in [-0.2, -0.15) is 0 Å². The molecule has 0 heterocycles. The highest BCUT2D eigenvalue weighted by atomic mass is 16.6. The van der Waals surface area contributed by atoms with Crippen molar-refractivity contribution in [3.05, 3.63) is 50.6 Å². The van der Waals surface area contributed by atoms with Crippen LogP contribution in [0.2, 0.25) is 0 Å². The fourth-order valence-corrected chi connectivity index (χ4v) is 0.490. The molecule has 0 aromatic heterocycles. The van der Waals surface area contributed by atoms with Crippen molar-refractivity contribution >= 4 is 23.9 Å². The van der Waals surface area contributed by atoms with Crippen molar-refractivity contribution in [2.75, 3.05) is 27.2 Å². The molecule has 12 heteroatoms. The van der Waals surface area contributed by atoms with E-state index in [2.05, 4.69) is 45.3 Å². The van der Waals surface area contributed by atoms with E-state index in [1.807, 2.05) is 0 Å². The van der Waals surface area contributed by atoms with Gasteiger partial charge in [0.1, 0.15) is 0 Å². The lowest BCUT2D eigenvalue weighted by atomic mass is 10.7. The number of carbonyl (C=O) groups excluding carboxylic acids is 4. The van der Waals surface area contributed by atoms with Crippen LogP contribution in [0.1, 0.15) is 0 Å². The molecule has 0 saturated carbocycles. The first-order valence-corrected chi connectivity index (χ1v) is 6.84. The van der Waals surface area contributed by atoms with Gasteiger partial charge in [0.15, 0.2) is 27.2 Å². The Hall–Kier alpha value is -3.32. The molecule has 0 amide bonds. The minimum absolute atomic E-state index is 0.579. The maximum atomic E-state index is 9.91. The Kier molecular flexibility index (Phi) is 32.9. The van der Waals surface area contributed by atoms with Crippen LogP contribution in [0.25, 0.3) is 0 Å². The van der Waals surface area contributed by atoms with Crippen LogP contribution >= 0.6 is 0 Å². The molecule has 0 aromatic rings. The number of carbonyl (C=O) groups is 4. The van der Waals surface area contributed by atoms with Crippen molar-refractivity contribution in [1.82, 2.24) is 0 Å². The van der Waals surface area contributed by atoms with Gasteiger partial charge in [-0.1, -0.05) is 26.3 Å². The number of aliphatic hydroxyl groups is 4. The van der Waals surface area contributed by atoms with Gasteiger partial charge in [-0.3, -0.25) is 0 Å². The van der Waals surface area contributed by atoms with E-state index in [-0.39, 0.29) is 0 Å². The molecular formula is C16H24O12. The zero-order valence-electron chi connectivity index (χ0n) is 15.0. The highest BCUT2D eigenvalue weighted by Crippen LogP contribution is 1.74. The molecule has 0 bridgehead atoms. The van der Waals surface area contributed by atoms with Gasteiger partial charge in [0.25, 0.3) is 0 Å². The Bertz CT molecular complexity index is 396. The number of esters is 4. The standard InChI is InChI=1S/4C4H6O3/c4*1-2-4(6)7-3-5/h4*2,5H,1,3H2. The average Bonchev–Trinajstić information content (AvgIpc) is 2.70. The van der Waals surface area contributed by atoms with Gasteiger partial charge in [-0.05, 0) is 0 Å². The SMILES string of the molecule is C=CC(=O)OCO.C=CC(=O)OCO.C=CC(=O)OCO.C=CC(=O)OCO. The maximum Gasteiger partial charge on any atom is 0.332 e. The molecular weight excluding hydrogens is 384 g/mol. The molecule has 0 radical (unpaired) electrons. The van der Waals surface area contributed by atoms with Crippen molar-refractivity contribution in [2.45, 2.75) is 0 Å². The van der Waals surface area contributed by atoms with Crippen LogP contribution in [-0.2, 0) is 38.1 Å². The van der Waals surface area contributed by atoms with E-state index < -0.39 is 51.0 Å². The minimum Gasteiger partial charge on any atom is -0.436 e. The van der Waals surface area contributed by atoms with E-state index in [1.54, 1.807) is 0 Å². The normalized spacial score (nSPS) is 7.57. The average molecular weight is 408 g/mol. The summed E-state index contributed by atoms with van der Waals surface area (Å²) in [7, 11) is 0. The zero-order valence-corrected chi connectivity index (χ0v) is 15.0. The van der Waals surface area contributed by atoms with E-state index in [1.165, 1.54) is 0 Å². The van der Waals surface area contributed by atoms with Gasteiger partial charge in [-0.15, -0.1) is 0 Å². The second-order valence-corrected chi connectivity index (χ2v) is 3.19. The number of aliphatic hydroxyl groups excluding tert-OH is 4. The molecule has 0 aliphatic heterocycles. The monoisotopic (exact) mass is 408 g/mol. The van der Waals surface area contributed by atoms with Crippen LogP contribution in [0.4, 0.5) is 0 Å². The van der Waals surface area contributed by atoms with Crippen LogP contribution in [0.5, 0.6) is 0 Å². The van der Waals surface area contributed by atoms with E-state index in [0.29, 0.717) is 0 Å². The van der Waals surface area contributed by atoms with Crippen molar-refractivity contribution in [3.8, 4) is 0 Å². The van der Waals surface area contributed by atoms with Crippen LogP contribution in [0, 0.1) is 0 Å². The Balaban J connectivity index is -0.000000137. The van der Waals surface area contributed by atoms with E-state index >= 15 is 0 Å². The minimum atomic E-state index is -0.609. The Morgan fingerprint density at radius 1 is 0.500 bits per heavy atom. The van der Waals surface area contributed by atoms with Gasteiger partial charge >= 0.3 is 23.9 Å². The molecule has 0 aliphatic carbocycles. The topological polar surface area (TPSA) is 186 Å². The van der Waals surface area contributed by atoms with Crippen molar-refractivity contribution in [1.29, 1.82) is 0 Å². The van der Waals surface area contributed by atoms with Crippen molar-refractivity contribution < 1.29 is 58.6 Å². The van der Waals surface area contributed by atoms with Gasteiger partial charge in [0.05, 0.1) is 0 Å². The van der Waals surface area contributed by atoms with E-state index in [9.17, 15) is 19.2 Å². The lowest BCUT2D eigenvalue weighted by Gasteiger charge is -1.89. The quantitative estimate of drug-likeness (QED) is 0.160. The second-order valence-electron chi connectivity index (χ2n) is 3.19. The molecule has 0 spiro atoms. The smallest absolute Gasteiger partial charge is 0.332 e. The molecule has 0 saturated heterocycles. The molecule has 0 aromatic carbocycles. The third-order valence-electron chi connectivity index (χ3n) is 1.49. The Morgan fingerprint density at radius 2 is 0.643 bits per heavy atom. The summed E-state index contributed by atoms with van der Waals surface area (Å²) in [6.45, 7) is 10.1. The van der Waals surface area contributed by atoms with Gasteiger partial charge in [0.2, 0.25) is 0 Å². The molecule has 160 valence electrons. The predicted molar refractivity (Wildman–Crippen MR) is 93.5 cm³/mol. The molecule has 4 N–H and O–H groups in total. The maximum absolute atomic E-state index is 9.91. The Morgan fingerprint density at radius 3 is 0.679 bits per heavy atom. The first-order valence-electron chi connectivity index (χ1n) is 6.84. The zero-order chi connectivity index (χ0) is 22.8. The summed E-state index contributed by atoms with van der Waals surface area (Å²) in [5.74, 6) is -2.44. The summed E-state index contributed by atoms with van der Waals surface area (Å²) in [6, 6.07) is 0. The molecule has 0 fully saturated rings. The molecule has 12 nitrogen and oxygen atoms in total. The van der Waals surface area contributed by atoms with Gasteiger partial charge in [0, 0.05) is 24.3 Å². The highest BCUT2D eigenvalue weighted by Gasteiger charge is 1.89. The Labute approximate surface area is 161 Å². The summed E-state index contributed by atoms with van der Waals surface area (Å²) in [5.41, 5.74) is 0.